The van der Waals surface area contributed by atoms with Gasteiger partial charge in [0.15, 0.2) is 0 Å². The summed E-state index contributed by atoms with van der Waals surface area (Å²) in [6.07, 6.45) is -0.189. The fourth-order valence-electron chi connectivity index (χ4n) is 1.68. The van der Waals surface area contributed by atoms with Crippen molar-refractivity contribution >= 4 is 34.9 Å². The maximum absolute atomic E-state index is 10.9. The summed E-state index contributed by atoms with van der Waals surface area (Å²) in [5.41, 5.74) is 6.60. The highest BCUT2D eigenvalue weighted by Crippen LogP contribution is 2.33. The van der Waals surface area contributed by atoms with E-state index in [2.05, 4.69) is 0 Å². The molecule has 2 aromatic carbocycles. The van der Waals surface area contributed by atoms with Gasteiger partial charge in [-0.3, -0.25) is 4.79 Å². The van der Waals surface area contributed by atoms with Gasteiger partial charge in [0, 0.05) is 16.3 Å². The summed E-state index contributed by atoms with van der Waals surface area (Å²) in [5.74, 6) is -0.180. The van der Waals surface area contributed by atoms with Crippen molar-refractivity contribution in [3.8, 4) is 11.5 Å². The lowest BCUT2D eigenvalue weighted by molar-refractivity contribution is -0.136. The second-order valence-electron chi connectivity index (χ2n) is 4.11. The molecule has 0 aliphatic rings. The molecule has 3 N–H and O–H groups in total. The molecule has 0 aromatic heterocycles. The number of aliphatic carboxylic acids is 1. The molecule has 0 bridgehead atoms. The number of carboxylic acid groups (broad SMARTS) is 1. The normalized spacial score (nSPS) is 10.3. The first-order valence-electron chi connectivity index (χ1n) is 5.69. The molecule has 4 nitrogen and oxygen atoms in total. The summed E-state index contributed by atoms with van der Waals surface area (Å²) in [6.45, 7) is 0. The van der Waals surface area contributed by atoms with Crippen LogP contribution >= 0.6 is 23.2 Å². The van der Waals surface area contributed by atoms with E-state index in [0.717, 1.165) is 0 Å². The third-order valence-corrected chi connectivity index (χ3v) is 3.07. The lowest BCUT2D eigenvalue weighted by Crippen LogP contribution is -2.03. The number of nitrogen functional groups attached to an aromatic ring is 1. The molecular weight excluding hydrogens is 301 g/mol. The van der Waals surface area contributed by atoms with Gasteiger partial charge in [0.1, 0.15) is 11.5 Å². The maximum Gasteiger partial charge on any atom is 0.307 e. The van der Waals surface area contributed by atoms with Crippen molar-refractivity contribution in [3.05, 3.63) is 52.0 Å². The fourth-order valence-corrected chi connectivity index (χ4v) is 2.12. The molecule has 0 aliphatic heterocycles. The molecule has 0 unspecified atom stereocenters. The molecule has 0 saturated carbocycles. The zero-order valence-corrected chi connectivity index (χ0v) is 11.8. The molecule has 0 spiro atoms. The van der Waals surface area contributed by atoms with Crippen LogP contribution in [-0.4, -0.2) is 11.1 Å². The first kappa shape index (κ1) is 14.5. The standard InChI is InChI=1S/C14H11Cl2NO3/c15-9-1-3-13(11(16)7-9)20-12-4-2-10(17)5-8(12)6-14(18)19/h1-5,7H,6,17H2,(H,18,19). The average molecular weight is 312 g/mol. The number of halogens is 2. The molecule has 0 amide bonds. The van der Waals surface area contributed by atoms with Gasteiger partial charge in [-0.15, -0.1) is 0 Å². The summed E-state index contributed by atoms with van der Waals surface area (Å²) >= 11 is 11.8. The average Bonchev–Trinajstić information content (AvgIpc) is 2.34. The molecule has 20 heavy (non-hydrogen) atoms. The third kappa shape index (κ3) is 3.56. The number of anilines is 1. The largest absolute Gasteiger partial charge is 0.481 e. The van der Waals surface area contributed by atoms with Crippen molar-refractivity contribution in [2.24, 2.45) is 0 Å². The molecule has 0 fully saturated rings. The van der Waals surface area contributed by atoms with Crippen LogP contribution in [0.1, 0.15) is 5.56 Å². The first-order chi connectivity index (χ1) is 9.45. The third-order valence-electron chi connectivity index (χ3n) is 2.54. The Kier molecular flexibility index (Phi) is 4.37. The highest BCUT2D eigenvalue weighted by Gasteiger charge is 2.11. The van der Waals surface area contributed by atoms with Crippen molar-refractivity contribution in [2.45, 2.75) is 6.42 Å². The van der Waals surface area contributed by atoms with Crippen LogP contribution in [0.2, 0.25) is 10.0 Å². The van der Waals surface area contributed by atoms with Gasteiger partial charge in [-0.1, -0.05) is 23.2 Å². The Bertz CT molecular complexity index is 659. The topological polar surface area (TPSA) is 72.5 Å². The molecular formula is C14H11Cl2NO3. The van der Waals surface area contributed by atoms with E-state index < -0.39 is 5.97 Å². The molecule has 0 atom stereocenters. The number of carboxylic acids is 1. The van der Waals surface area contributed by atoms with Crippen LogP contribution in [0.5, 0.6) is 11.5 Å². The summed E-state index contributed by atoms with van der Waals surface area (Å²) in [6, 6.07) is 9.60. The first-order valence-corrected chi connectivity index (χ1v) is 6.44. The zero-order chi connectivity index (χ0) is 14.7. The molecule has 2 aromatic rings. The van der Waals surface area contributed by atoms with Crippen LogP contribution in [0.15, 0.2) is 36.4 Å². The maximum atomic E-state index is 10.9. The van der Waals surface area contributed by atoms with E-state index in [1.807, 2.05) is 0 Å². The van der Waals surface area contributed by atoms with E-state index in [1.165, 1.54) is 0 Å². The Morgan fingerprint density at radius 3 is 2.50 bits per heavy atom. The summed E-state index contributed by atoms with van der Waals surface area (Å²) in [5, 5.41) is 9.73. The Balaban J connectivity index is 2.35. The number of carbonyl (C=O) groups is 1. The number of hydrogen-bond acceptors (Lipinski definition) is 3. The number of rotatable bonds is 4. The smallest absolute Gasteiger partial charge is 0.307 e. The van der Waals surface area contributed by atoms with Crippen molar-refractivity contribution in [2.75, 3.05) is 5.73 Å². The van der Waals surface area contributed by atoms with Crippen molar-refractivity contribution in [1.29, 1.82) is 0 Å². The number of hydrogen-bond donors (Lipinski definition) is 2. The van der Waals surface area contributed by atoms with Crippen LogP contribution < -0.4 is 10.5 Å². The molecule has 6 heteroatoms. The molecule has 0 heterocycles. The van der Waals surface area contributed by atoms with E-state index in [4.69, 9.17) is 38.8 Å². The Hall–Kier alpha value is -1.91. The quantitative estimate of drug-likeness (QED) is 0.837. The minimum atomic E-state index is -0.970. The van der Waals surface area contributed by atoms with Crippen LogP contribution in [-0.2, 0) is 11.2 Å². The molecule has 2 rings (SSSR count). The summed E-state index contributed by atoms with van der Waals surface area (Å²) in [7, 11) is 0. The molecule has 0 aliphatic carbocycles. The molecule has 0 saturated heterocycles. The second-order valence-corrected chi connectivity index (χ2v) is 4.96. The number of benzene rings is 2. The highest BCUT2D eigenvalue weighted by molar-refractivity contribution is 6.35. The van der Waals surface area contributed by atoms with Gasteiger partial charge in [0.05, 0.1) is 11.4 Å². The van der Waals surface area contributed by atoms with Crippen LogP contribution in [0, 0.1) is 0 Å². The minimum absolute atomic E-state index is 0.189. The lowest BCUT2D eigenvalue weighted by atomic mass is 10.1. The van der Waals surface area contributed by atoms with Crippen LogP contribution in [0.25, 0.3) is 0 Å². The van der Waals surface area contributed by atoms with Crippen molar-refractivity contribution in [3.63, 3.8) is 0 Å². The van der Waals surface area contributed by atoms with E-state index in [1.54, 1.807) is 36.4 Å². The van der Waals surface area contributed by atoms with Gasteiger partial charge in [-0.2, -0.15) is 0 Å². The monoisotopic (exact) mass is 311 g/mol. The van der Waals surface area contributed by atoms with Crippen molar-refractivity contribution in [1.82, 2.24) is 0 Å². The minimum Gasteiger partial charge on any atom is -0.481 e. The second kappa shape index (κ2) is 6.03. The van der Waals surface area contributed by atoms with Gasteiger partial charge in [-0.05, 0) is 36.4 Å². The lowest BCUT2D eigenvalue weighted by Gasteiger charge is -2.12. The van der Waals surface area contributed by atoms with E-state index in [0.29, 0.717) is 32.8 Å². The number of ether oxygens (including phenoxy) is 1. The SMILES string of the molecule is Nc1ccc(Oc2ccc(Cl)cc2Cl)c(CC(=O)O)c1. The summed E-state index contributed by atoms with van der Waals surface area (Å²) in [4.78, 5) is 10.9. The van der Waals surface area contributed by atoms with E-state index in [9.17, 15) is 4.79 Å². The van der Waals surface area contributed by atoms with E-state index in [-0.39, 0.29) is 6.42 Å². The van der Waals surface area contributed by atoms with Gasteiger partial charge in [0.2, 0.25) is 0 Å². The van der Waals surface area contributed by atoms with Gasteiger partial charge >= 0.3 is 5.97 Å². The van der Waals surface area contributed by atoms with Gasteiger partial charge in [0.25, 0.3) is 0 Å². The predicted octanol–water partition coefficient (Wildman–Crippen LogP) is 4.00. The van der Waals surface area contributed by atoms with Gasteiger partial charge in [-0.25, -0.2) is 0 Å². The highest BCUT2D eigenvalue weighted by atomic mass is 35.5. The molecule has 104 valence electrons. The Labute approximate surface area is 125 Å². The van der Waals surface area contributed by atoms with E-state index >= 15 is 0 Å². The molecule has 0 radical (unpaired) electrons. The van der Waals surface area contributed by atoms with Crippen molar-refractivity contribution < 1.29 is 14.6 Å². The Morgan fingerprint density at radius 2 is 1.85 bits per heavy atom. The Morgan fingerprint density at radius 1 is 1.15 bits per heavy atom. The number of nitrogens with two attached hydrogens (primary N) is 1. The van der Waals surface area contributed by atoms with Crippen LogP contribution in [0.3, 0.4) is 0 Å². The van der Waals surface area contributed by atoms with Crippen LogP contribution in [0.4, 0.5) is 5.69 Å². The predicted molar refractivity (Wildman–Crippen MR) is 78.7 cm³/mol. The zero-order valence-electron chi connectivity index (χ0n) is 10.3. The van der Waals surface area contributed by atoms with Gasteiger partial charge < -0.3 is 15.6 Å². The fraction of sp³-hybridized carbons (Fsp3) is 0.0714. The summed E-state index contributed by atoms with van der Waals surface area (Å²) < 4.78 is 5.64.